The lowest BCUT2D eigenvalue weighted by Crippen LogP contribution is -2.10. The van der Waals surface area contributed by atoms with Crippen LogP contribution in [0, 0.1) is 0 Å². The summed E-state index contributed by atoms with van der Waals surface area (Å²) in [6, 6.07) is 3.18. The van der Waals surface area contributed by atoms with E-state index in [2.05, 4.69) is 5.16 Å². The number of ether oxygens (including phenoxy) is 2. The van der Waals surface area contributed by atoms with E-state index in [1.54, 1.807) is 18.3 Å². The van der Waals surface area contributed by atoms with Crippen LogP contribution in [0.3, 0.4) is 0 Å². The molecule has 0 fully saturated rings. The van der Waals surface area contributed by atoms with Gasteiger partial charge in [0.05, 0.1) is 16.7 Å². The van der Waals surface area contributed by atoms with Gasteiger partial charge in [-0.3, -0.25) is 0 Å². The number of halogens is 7. The zero-order chi connectivity index (χ0) is 19.6. The van der Waals surface area contributed by atoms with Crippen molar-refractivity contribution >= 4 is 87.4 Å². The normalized spacial score (nSPS) is 11.5. The molecule has 0 saturated heterocycles. The molecule has 0 saturated carbocycles. The molecule has 0 aliphatic heterocycles. The highest BCUT2D eigenvalue weighted by Crippen LogP contribution is 2.37. The number of benzene rings is 1. The van der Waals surface area contributed by atoms with Gasteiger partial charge in [-0.2, -0.15) is 0 Å². The molecule has 1 aromatic carbocycles. The lowest BCUT2D eigenvalue weighted by molar-refractivity contribution is 0.150. The van der Waals surface area contributed by atoms with Crippen LogP contribution >= 0.6 is 81.2 Å². The minimum Gasteiger partial charge on any atom is -0.490 e. The largest absolute Gasteiger partial charge is 0.490 e. The molecule has 0 atom stereocenters. The van der Waals surface area contributed by atoms with Gasteiger partial charge in [-0.25, -0.2) is 0 Å². The van der Waals surface area contributed by atoms with Gasteiger partial charge in [0.1, 0.15) is 16.8 Å². The summed E-state index contributed by atoms with van der Waals surface area (Å²) in [5.74, 6) is 0.840. The van der Waals surface area contributed by atoms with Crippen LogP contribution in [0.25, 0.3) is 0 Å². The van der Waals surface area contributed by atoms with Crippen LogP contribution in [-0.2, 0) is 4.84 Å². The Morgan fingerprint density at radius 3 is 2.31 bits per heavy atom. The lowest BCUT2D eigenvalue weighted by Gasteiger charge is -2.12. The second-order valence-electron chi connectivity index (χ2n) is 4.69. The second kappa shape index (κ2) is 12.5. The summed E-state index contributed by atoms with van der Waals surface area (Å²) in [5, 5.41) is 4.32. The Morgan fingerprint density at radius 1 is 1.08 bits per heavy atom. The molecule has 11 heteroatoms. The van der Waals surface area contributed by atoms with Crippen molar-refractivity contribution in [2.24, 2.45) is 5.16 Å². The van der Waals surface area contributed by atoms with E-state index in [1.807, 2.05) is 0 Å². The smallest absolute Gasteiger partial charge is 0.226 e. The van der Waals surface area contributed by atoms with Crippen LogP contribution in [-0.4, -0.2) is 29.8 Å². The first-order valence-corrected chi connectivity index (χ1v) is 9.80. The standard InChI is InChI=1S/C15H14Cl7NO3/c16-11-7-10(24-6-3-13(18)19)8-12(17)14(11)25-5-2-1-4-23-26-9-15(20,21)22/h3-4,7-8H,1-2,5-6,9H2. The molecule has 0 aliphatic carbocycles. The van der Waals surface area contributed by atoms with E-state index >= 15 is 0 Å². The quantitative estimate of drug-likeness (QED) is 0.146. The Balaban J connectivity index is 2.38. The van der Waals surface area contributed by atoms with Gasteiger partial charge in [0.2, 0.25) is 3.79 Å². The van der Waals surface area contributed by atoms with Crippen molar-refractivity contribution in [3.8, 4) is 11.5 Å². The molecule has 0 amide bonds. The fourth-order valence-electron chi connectivity index (χ4n) is 1.52. The molecule has 0 aliphatic rings. The fraction of sp³-hybridized carbons (Fsp3) is 0.400. The van der Waals surface area contributed by atoms with Crippen molar-refractivity contribution in [2.75, 3.05) is 19.8 Å². The summed E-state index contributed by atoms with van der Waals surface area (Å²) < 4.78 is 9.62. The topological polar surface area (TPSA) is 40.0 Å². The Labute approximate surface area is 186 Å². The Kier molecular flexibility index (Phi) is 11.6. The molecule has 1 rings (SSSR count). The molecule has 146 valence electrons. The maximum atomic E-state index is 6.16. The van der Waals surface area contributed by atoms with Crippen molar-refractivity contribution in [2.45, 2.75) is 16.6 Å². The number of alkyl halides is 3. The molecule has 0 N–H and O–H groups in total. The highest BCUT2D eigenvalue weighted by atomic mass is 35.6. The molecule has 0 spiro atoms. The van der Waals surface area contributed by atoms with Crippen LogP contribution in [0.2, 0.25) is 10.0 Å². The molecule has 0 unspecified atom stereocenters. The SMILES string of the molecule is ClC(Cl)=CCOc1cc(Cl)c(OCCCC=NOCC(Cl)(Cl)Cl)c(Cl)c1. The first kappa shape index (κ1) is 24.1. The van der Waals surface area contributed by atoms with Gasteiger partial charge in [0.25, 0.3) is 0 Å². The van der Waals surface area contributed by atoms with E-state index in [9.17, 15) is 0 Å². The summed E-state index contributed by atoms with van der Waals surface area (Å²) in [4.78, 5) is 4.82. The van der Waals surface area contributed by atoms with Crippen LogP contribution in [0.1, 0.15) is 12.8 Å². The predicted octanol–water partition coefficient (Wildman–Crippen LogP) is 7.22. The monoisotopic (exact) mass is 501 g/mol. The second-order valence-corrected chi connectivity index (χ2v) is 9.03. The summed E-state index contributed by atoms with van der Waals surface area (Å²) in [6.45, 7) is 0.437. The Morgan fingerprint density at radius 2 is 1.73 bits per heavy atom. The van der Waals surface area contributed by atoms with Crippen molar-refractivity contribution in [3.63, 3.8) is 0 Å². The van der Waals surface area contributed by atoms with E-state index in [-0.39, 0.29) is 17.7 Å². The number of nitrogens with zero attached hydrogens (tertiary/aromatic N) is 1. The fourth-order valence-corrected chi connectivity index (χ4v) is 2.37. The summed E-state index contributed by atoms with van der Waals surface area (Å²) >= 11 is 39.9. The van der Waals surface area contributed by atoms with E-state index in [4.69, 9.17) is 95.5 Å². The third-order valence-corrected chi connectivity index (χ3v) is 3.76. The molecule has 0 aromatic heterocycles. The summed E-state index contributed by atoms with van der Waals surface area (Å²) in [6.07, 6.45) is 4.30. The minimum absolute atomic E-state index is 0.114. The molecule has 4 nitrogen and oxygen atoms in total. The van der Waals surface area contributed by atoms with Crippen LogP contribution in [0.5, 0.6) is 11.5 Å². The Bertz CT molecular complexity index is 605. The molecule has 26 heavy (non-hydrogen) atoms. The molecule has 0 heterocycles. The zero-order valence-electron chi connectivity index (χ0n) is 13.2. The number of unbranched alkanes of at least 4 members (excludes halogenated alkanes) is 1. The zero-order valence-corrected chi connectivity index (χ0v) is 18.5. The number of oxime groups is 1. The molecular formula is C15H14Cl7NO3. The third-order valence-electron chi connectivity index (χ3n) is 2.56. The first-order valence-electron chi connectivity index (χ1n) is 7.15. The van der Waals surface area contributed by atoms with Crippen LogP contribution in [0.4, 0.5) is 0 Å². The minimum atomic E-state index is -1.49. The average Bonchev–Trinajstić information content (AvgIpc) is 2.50. The molecule has 0 bridgehead atoms. The maximum Gasteiger partial charge on any atom is 0.226 e. The number of rotatable bonds is 10. The van der Waals surface area contributed by atoms with Gasteiger partial charge < -0.3 is 14.3 Å². The van der Waals surface area contributed by atoms with Crippen molar-refractivity contribution in [1.29, 1.82) is 0 Å². The maximum absolute atomic E-state index is 6.16. The van der Waals surface area contributed by atoms with Gasteiger partial charge in [0, 0.05) is 18.3 Å². The van der Waals surface area contributed by atoms with Crippen LogP contribution < -0.4 is 9.47 Å². The van der Waals surface area contributed by atoms with Crippen molar-refractivity contribution < 1.29 is 14.3 Å². The molecular weight excluding hydrogens is 490 g/mol. The highest BCUT2D eigenvalue weighted by molar-refractivity contribution is 6.67. The van der Waals surface area contributed by atoms with Gasteiger partial charge in [0.15, 0.2) is 12.4 Å². The van der Waals surface area contributed by atoms with E-state index < -0.39 is 3.79 Å². The van der Waals surface area contributed by atoms with E-state index in [0.29, 0.717) is 41.0 Å². The summed E-state index contributed by atoms with van der Waals surface area (Å²) in [7, 11) is 0. The first-order chi connectivity index (χ1) is 12.2. The van der Waals surface area contributed by atoms with Crippen molar-refractivity contribution in [3.05, 3.63) is 32.7 Å². The van der Waals surface area contributed by atoms with Gasteiger partial charge in [-0.15, -0.1) is 0 Å². The average molecular weight is 504 g/mol. The predicted molar refractivity (Wildman–Crippen MR) is 111 cm³/mol. The molecule has 0 radical (unpaired) electrons. The molecule has 1 aromatic rings. The summed E-state index contributed by atoms with van der Waals surface area (Å²) in [5.41, 5.74) is 0. The number of hydrogen-bond acceptors (Lipinski definition) is 4. The van der Waals surface area contributed by atoms with Crippen molar-refractivity contribution in [1.82, 2.24) is 0 Å². The van der Waals surface area contributed by atoms with Gasteiger partial charge in [-0.05, 0) is 18.9 Å². The number of hydrogen-bond donors (Lipinski definition) is 0. The van der Waals surface area contributed by atoms with Gasteiger partial charge >= 0.3 is 0 Å². The lowest BCUT2D eigenvalue weighted by atomic mass is 10.3. The van der Waals surface area contributed by atoms with E-state index in [0.717, 1.165) is 0 Å². The third kappa shape index (κ3) is 11.0. The highest BCUT2D eigenvalue weighted by Gasteiger charge is 2.20. The van der Waals surface area contributed by atoms with Gasteiger partial charge in [-0.1, -0.05) is 86.4 Å². The van der Waals surface area contributed by atoms with E-state index in [1.165, 1.54) is 6.08 Å². The van der Waals surface area contributed by atoms with Crippen LogP contribution in [0.15, 0.2) is 27.9 Å². The Hall–Kier alpha value is 0.0600.